The molecule has 0 aromatic heterocycles. The smallest absolute Gasteiger partial charge is 0.326 e. The van der Waals surface area contributed by atoms with Gasteiger partial charge in [-0.25, -0.2) is 4.79 Å². The summed E-state index contributed by atoms with van der Waals surface area (Å²) < 4.78 is 0. The molecule has 1 heterocycles. The van der Waals surface area contributed by atoms with Crippen molar-refractivity contribution >= 4 is 25.5 Å². The predicted octanol–water partition coefficient (Wildman–Crippen LogP) is -1.79. The van der Waals surface area contributed by atoms with Crippen LogP contribution in [0.2, 0.25) is 0 Å². The first-order valence-corrected chi connectivity index (χ1v) is 3.60. The highest BCUT2D eigenvalue weighted by molar-refractivity contribution is 6.57. The SMILES string of the molecule is [B]C(=O)N[C@@H]1C[C@H](C(=O)O)NC1=O. The first kappa shape index (κ1) is 9.56. The van der Waals surface area contributed by atoms with Crippen LogP contribution in [0.15, 0.2) is 0 Å². The summed E-state index contributed by atoms with van der Waals surface area (Å²) in [7, 11) is 4.78. The normalized spacial score (nSPS) is 26.6. The van der Waals surface area contributed by atoms with Gasteiger partial charge in [-0.2, -0.15) is 0 Å². The molecule has 2 amide bonds. The Balaban J connectivity index is 2.56. The zero-order valence-electron chi connectivity index (χ0n) is 6.61. The fourth-order valence-electron chi connectivity index (χ4n) is 1.13. The Kier molecular flexibility index (Phi) is 2.55. The highest BCUT2D eigenvalue weighted by Gasteiger charge is 2.36. The van der Waals surface area contributed by atoms with Crippen LogP contribution in [0.4, 0.5) is 4.79 Å². The number of carbonyl (C=O) groups excluding carboxylic acids is 2. The summed E-state index contributed by atoms with van der Waals surface area (Å²) in [4.78, 5) is 31.8. The molecule has 3 N–H and O–H groups in total. The van der Waals surface area contributed by atoms with Crippen LogP contribution in [0.1, 0.15) is 6.42 Å². The molecule has 68 valence electrons. The Morgan fingerprint density at radius 3 is 2.62 bits per heavy atom. The summed E-state index contributed by atoms with van der Waals surface area (Å²) in [6.45, 7) is 0. The quantitative estimate of drug-likeness (QED) is 0.439. The monoisotopic (exact) mass is 182 g/mol. The molecule has 1 fully saturated rings. The minimum Gasteiger partial charge on any atom is -0.480 e. The van der Waals surface area contributed by atoms with Crippen LogP contribution in [0.5, 0.6) is 0 Å². The van der Waals surface area contributed by atoms with E-state index >= 15 is 0 Å². The van der Waals surface area contributed by atoms with Crippen LogP contribution in [-0.4, -0.2) is 42.7 Å². The van der Waals surface area contributed by atoms with Gasteiger partial charge in [0.1, 0.15) is 12.1 Å². The van der Waals surface area contributed by atoms with Gasteiger partial charge in [0.15, 0.2) is 5.81 Å². The maximum atomic E-state index is 11.0. The summed E-state index contributed by atoms with van der Waals surface area (Å²) in [6, 6.07) is -1.78. The summed E-state index contributed by atoms with van der Waals surface area (Å²) in [6.07, 6.45) is 0.0249. The molecular formula is C6H7BN2O4. The highest BCUT2D eigenvalue weighted by atomic mass is 16.4. The van der Waals surface area contributed by atoms with Crippen molar-refractivity contribution in [2.45, 2.75) is 18.5 Å². The van der Waals surface area contributed by atoms with Crippen LogP contribution < -0.4 is 10.6 Å². The fourth-order valence-corrected chi connectivity index (χ4v) is 1.13. The second-order valence-electron chi connectivity index (χ2n) is 2.70. The Morgan fingerprint density at radius 1 is 1.62 bits per heavy atom. The van der Waals surface area contributed by atoms with E-state index in [1.807, 2.05) is 0 Å². The number of carboxylic acid groups (broad SMARTS) is 1. The molecule has 0 bridgehead atoms. The average Bonchev–Trinajstić information content (AvgIpc) is 2.31. The molecule has 0 unspecified atom stereocenters. The third-order valence-corrected chi connectivity index (χ3v) is 1.72. The molecule has 7 heteroatoms. The van der Waals surface area contributed by atoms with Gasteiger partial charge in [-0.15, -0.1) is 0 Å². The minimum atomic E-state index is -1.12. The number of aliphatic carboxylic acids is 1. The van der Waals surface area contributed by atoms with E-state index in [0.29, 0.717) is 0 Å². The van der Waals surface area contributed by atoms with Gasteiger partial charge in [0.25, 0.3) is 0 Å². The molecule has 1 aliphatic rings. The maximum absolute atomic E-state index is 11.0. The minimum absolute atomic E-state index is 0.0249. The van der Waals surface area contributed by atoms with Gasteiger partial charge in [0.05, 0.1) is 0 Å². The molecule has 1 aliphatic heterocycles. The third-order valence-electron chi connectivity index (χ3n) is 1.72. The Morgan fingerprint density at radius 2 is 2.23 bits per heavy atom. The summed E-state index contributed by atoms with van der Waals surface area (Å²) in [5, 5.41) is 12.9. The van der Waals surface area contributed by atoms with E-state index in [0.717, 1.165) is 0 Å². The standard InChI is InChI=1S/C6H7BN2O4/c7-6(13)9-2-1-3(5(11)12)8-4(2)10/h2-3H,1H2,(H,8,10)(H,9,13)(H,11,12)/t2-,3-/m1/s1. The van der Waals surface area contributed by atoms with Gasteiger partial charge in [-0.05, 0) is 0 Å². The van der Waals surface area contributed by atoms with Crippen molar-refractivity contribution in [2.75, 3.05) is 0 Å². The Hall–Kier alpha value is -1.53. The van der Waals surface area contributed by atoms with Crippen molar-refractivity contribution < 1.29 is 19.5 Å². The number of carbonyl (C=O) groups is 3. The zero-order valence-corrected chi connectivity index (χ0v) is 6.61. The van der Waals surface area contributed by atoms with Gasteiger partial charge in [0, 0.05) is 6.42 Å². The van der Waals surface area contributed by atoms with Gasteiger partial charge < -0.3 is 15.7 Å². The van der Waals surface area contributed by atoms with E-state index in [1.54, 1.807) is 0 Å². The number of hydrogen-bond donors (Lipinski definition) is 3. The Labute approximate surface area is 75.1 Å². The van der Waals surface area contributed by atoms with Crippen molar-refractivity contribution in [3.8, 4) is 0 Å². The lowest BCUT2D eigenvalue weighted by molar-refractivity contribution is -0.140. The topological polar surface area (TPSA) is 95.5 Å². The van der Waals surface area contributed by atoms with Crippen LogP contribution in [-0.2, 0) is 9.59 Å². The first-order valence-electron chi connectivity index (χ1n) is 3.60. The number of nitrogens with one attached hydrogen (secondary N) is 2. The number of rotatable bonds is 2. The molecule has 0 spiro atoms. The second-order valence-corrected chi connectivity index (χ2v) is 2.70. The first-order chi connectivity index (χ1) is 6.00. The fraction of sp³-hybridized carbons (Fsp3) is 0.500. The highest BCUT2D eigenvalue weighted by Crippen LogP contribution is 2.07. The molecule has 2 atom stereocenters. The van der Waals surface area contributed by atoms with Gasteiger partial charge in [0.2, 0.25) is 13.8 Å². The molecule has 1 saturated heterocycles. The molecule has 1 rings (SSSR count). The number of carboxylic acids is 1. The van der Waals surface area contributed by atoms with Crippen LogP contribution in [0.3, 0.4) is 0 Å². The summed E-state index contributed by atoms with van der Waals surface area (Å²) in [5.41, 5.74) is 0. The second kappa shape index (κ2) is 3.46. The molecule has 6 nitrogen and oxygen atoms in total. The van der Waals surface area contributed by atoms with E-state index in [4.69, 9.17) is 13.0 Å². The van der Waals surface area contributed by atoms with Crippen molar-refractivity contribution in [2.24, 2.45) is 0 Å². The molecule has 0 aliphatic carbocycles. The molecule has 13 heavy (non-hydrogen) atoms. The number of hydrogen-bond acceptors (Lipinski definition) is 3. The molecular weight excluding hydrogens is 175 g/mol. The van der Waals surface area contributed by atoms with Gasteiger partial charge in [-0.3, -0.25) is 9.59 Å². The Bertz CT molecular complexity index is 267. The van der Waals surface area contributed by atoms with Crippen molar-refractivity contribution in [3.63, 3.8) is 0 Å². The summed E-state index contributed by atoms with van der Waals surface area (Å²) >= 11 is 0. The maximum Gasteiger partial charge on any atom is 0.326 e. The predicted molar refractivity (Wildman–Crippen MR) is 42.3 cm³/mol. The van der Waals surface area contributed by atoms with E-state index in [2.05, 4.69) is 10.6 Å². The lowest BCUT2D eigenvalue weighted by atomic mass is 10.1. The van der Waals surface area contributed by atoms with Crippen LogP contribution >= 0.6 is 0 Å². The van der Waals surface area contributed by atoms with E-state index in [1.165, 1.54) is 0 Å². The third kappa shape index (κ3) is 2.20. The van der Waals surface area contributed by atoms with Crippen molar-refractivity contribution in [3.05, 3.63) is 0 Å². The van der Waals surface area contributed by atoms with Crippen molar-refractivity contribution in [1.29, 1.82) is 0 Å². The lowest BCUT2D eigenvalue weighted by Crippen LogP contribution is -2.39. The molecule has 0 aromatic carbocycles. The largest absolute Gasteiger partial charge is 0.480 e. The lowest BCUT2D eigenvalue weighted by Gasteiger charge is -2.06. The van der Waals surface area contributed by atoms with E-state index in [-0.39, 0.29) is 6.42 Å². The van der Waals surface area contributed by atoms with E-state index < -0.39 is 29.8 Å². The number of amides is 2. The van der Waals surface area contributed by atoms with Crippen LogP contribution in [0.25, 0.3) is 0 Å². The molecule has 0 aromatic rings. The summed E-state index contributed by atoms with van der Waals surface area (Å²) in [5.74, 6) is -2.49. The van der Waals surface area contributed by atoms with Gasteiger partial charge >= 0.3 is 5.97 Å². The average molecular weight is 182 g/mol. The van der Waals surface area contributed by atoms with Crippen molar-refractivity contribution in [1.82, 2.24) is 10.6 Å². The molecule has 2 radical (unpaired) electrons. The zero-order chi connectivity index (χ0) is 10.0. The molecule has 0 saturated carbocycles. The van der Waals surface area contributed by atoms with Gasteiger partial charge in [-0.1, -0.05) is 0 Å². The van der Waals surface area contributed by atoms with Crippen LogP contribution in [0, 0.1) is 0 Å². The van der Waals surface area contributed by atoms with E-state index in [9.17, 15) is 14.4 Å².